The van der Waals surface area contributed by atoms with E-state index in [4.69, 9.17) is 16.0 Å². The fourth-order valence-electron chi connectivity index (χ4n) is 3.69. The van der Waals surface area contributed by atoms with Crippen LogP contribution in [0, 0.1) is 0 Å². The normalized spacial score (nSPS) is 12.1. The van der Waals surface area contributed by atoms with Crippen LogP contribution in [0.15, 0.2) is 45.6 Å². The number of hydrogen-bond acceptors (Lipinski definition) is 4. The van der Waals surface area contributed by atoms with Crippen molar-refractivity contribution in [2.24, 2.45) is 0 Å². The summed E-state index contributed by atoms with van der Waals surface area (Å²) in [5.41, 5.74) is -1.64. The van der Waals surface area contributed by atoms with Gasteiger partial charge in [-0.15, -0.1) is 0 Å². The van der Waals surface area contributed by atoms with Gasteiger partial charge < -0.3 is 9.52 Å². The Bertz CT molecular complexity index is 1140. The molecule has 166 valence electrons. The van der Waals surface area contributed by atoms with E-state index in [1.54, 1.807) is 6.07 Å². The van der Waals surface area contributed by atoms with Gasteiger partial charge in [0.25, 0.3) is 0 Å². The highest BCUT2D eigenvalue weighted by Crippen LogP contribution is 2.40. The molecule has 1 heterocycles. The first-order chi connectivity index (χ1) is 14.7. The molecule has 1 N–H and O–H groups in total. The summed E-state index contributed by atoms with van der Waals surface area (Å²) in [5, 5.41) is 10.4. The maximum absolute atomic E-state index is 14.0. The minimum atomic E-state index is -4.93. The average Bonchev–Trinajstić information content (AvgIpc) is 2.70. The molecule has 0 radical (unpaired) electrons. The zero-order chi connectivity index (χ0) is 22.8. The molecule has 0 amide bonds. The van der Waals surface area contributed by atoms with Crippen LogP contribution in [0.5, 0.6) is 5.75 Å². The first kappa shape index (κ1) is 23.2. The molecule has 0 bridgehead atoms. The van der Waals surface area contributed by atoms with Crippen LogP contribution in [0.25, 0.3) is 22.1 Å². The summed E-state index contributed by atoms with van der Waals surface area (Å²) >= 11 is 6.10. The van der Waals surface area contributed by atoms with E-state index in [1.807, 2.05) is 18.7 Å². The van der Waals surface area contributed by atoms with Crippen molar-refractivity contribution in [3.8, 4) is 16.9 Å². The third-order valence-electron chi connectivity index (χ3n) is 5.00. The van der Waals surface area contributed by atoms with E-state index >= 15 is 0 Å². The fourth-order valence-corrected chi connectivity index (χ4v) is 3.92. The van der Waals surface area contributed by atoms with Gasteiger partial charge in [-0.2, -0.15) is 13.2 Å². The van der Waals surface area contributed by atoms with Crippen LogP contribution in [-0.2, 0) is 12.7 Å². The first-order valence-corrected chi connectivity index (χ1v) is 10.4. The number of nitrogens with zero attached hydrogens (tertiary/aromatic N) is 1. The summed E-state index contributed by atoms with van der Waals surface area (Å²) in [4.78, 5) is 15.2. The van der Waals surface area contributed by atoms with E-state index in [2.05, 4.69) is 0 Å². The van der Waals surface area contributed by atoms with Gasteiger partial charge in [-0.25, -0.2) is 0 Å². The Morgan fingerprint density at radius 1 is 1.06 bits per heavy atom. The standard InChI is InChI=1S/C23H23ClF3NO3/c1-3-11-28(12-4-2)13-16-18(29)10-9-15-20(30)19(14-7-5-6-8-17(14)24)22(23(25,26)27)31-21(15)16/h5-10,29H,3-4,11-13H2,1-2H3. The molecule has 3 rings (SSSR count). The van der Waals surface area contributed by atoms with Gasteiger partial charge in [-0.05, 0) is 44.1 Å². The molecule has 0 saturated heterocycles. The largest absolute Gasteiger partial charge is 0.507 e. The lowest BCUT2D eigenvalue weighted by molar-refractivity contribution is -0.152. The van der Waals surface area contributed by atoms with Crippen LogP contribution in [0.4, 0.5) is 13.2 Å². The van der Waals surface area contributed by atoms with Crippen molar-refractivity contribution in [1.29, 1.82) is 0 Å². The zero-order valence-corrected chi connectivity index (χ0v) is 18.0. The zero-order valence-electron chi connectivity index (χ0n) is 17.2. The lowest BCUT2D eigenvalue weighted by Gasteiger charge is -2.22. The number of rotatable bonds is 7. The average molecular weight is 454 g/mol. The Labute approximate surface area is 182 Å². The van der Waals surface area contributed by atoms with Gasteiger partial charge in [0.1, 0.15) is 11.3 Å². The van der Waals surface area contributed by atoms with E-state index in [0.29, 0.717) is 13.1 Å². The lowest BCUT2D eigenvalue weighted by Crippen LogP contribution is -2.25. The molecule has 0 aliphatic carbocycles. The number of fused-ring (bicyclic) bond motifs is 1. The van der Waals surface area contributed by atoms with E-state index in [1.165, 1.54) is 30.3 Å². The number of phenols is 1. The second kappa shape index (κ2) is 9.32. The van der Waals surface area contributed by atoms with Gasteiger partial charge >= 0.3 is 6.18 Å². The number of phenolic OH excluding ortho intramolecular Hbond substituents is 1. The molecule has 0 atom stereocenters. The molecule has 3 aromatic rings. The lowest BCUT2D eigenvalue weighted by atomic mass is 10.00. The maximum Gasteiger partial charge on any atom is 0.450 e. The van der Waals surface area contributed by atoms with Gasteiger partial charge in [-0.1, -0.05) is 43.6 Å². The van der Waals surface area contributed by atoms with Crippen LogP contribution in [0.3, 0.4) is 0 Å². The summed E-state index contributed by atoms with van der Waals surface area (Å²) < 4.78 is 47.2. The highest BCUT2D eigenvalue weighted by Gasteiger charge is 2.40. The van der Waals surface area contributed by atoms with Crippen LogP contribution in [-0.4, -0.2) is 23.1 Å². The molecule has 0 unspecified atom stereocenters. The van der Waals surface area contributed by atoms with Gasteiger partial charge in [-0.3, -0.25) is 9.69 Å². The highest BCUT2D eigenvalue weighted by molar-refractivity contribution is 6.33. The minimum Gasteiger partial charge on any atom is -0.507 e. The molecule has 0 fully saturated rings. The predicted octanol–water partition coefficient (Wildman–Crippen LogP) is 6.46. The van der Waals surface area contributed by atoms with E-state index in [0.717, 1.165) is 12.8 Å². The number of aromatic hydroxyl groups is 1. The number of hydrogen-bond donors (Lipinski definition) is 1. The Balaban J connectivity index is 2.33. The second-order valence-corrected chi connectivity index (χ2v) is 7.74. The Hall–Kier alpha value is -2.51. The van der Waals surface area contributed by atoms with Crippen LogP contribution >= 0.6 is 11.6 Å². The van der Waals surface area contributed by atoms with Crippen molar-refractivity contribution in [2.75, 3.05) is 13.1 Å². The van der Waals surface area contributed by atoms with Crippen molar-refractivity contribution >= 4 is 22.6 Å². The van der Waals surface area contributed by atoms with Crippen molar-refractivity contribution < 1.29 is 22.7 Å². The molecule has 1 aromatic heterocycles. The summed E-state index contributed by atoms with van der Waals surface area (Å²) in [6.07, 6.45) is -3.27. The van der Waals surface area contributed by atoms with Crippen molar-refractivity contribution in [3.05, 3.63) is 63.0 Å². The molecule has 8 heteroatoms. The van der Waals surface area contributed by atoms with Gasteiger partial charge in [0.2, 0.25) is 11.2 Å². The van der Waals surface area contributed by atoms with Crippen molar-refractivity contribution in [2.45, 2.75) is 39.4 Å². The smallest absolute Gasteiger partial charge is 0.450 e. The van der Waals surface area contributed by atoms with Gasteiger partial charge in [0.15, 0.2) is 0 Å². The van der Waals surface area contributed by atoms with E-state index in [-0.39, 0.29) is 39.4 Å². The summed E-state index contributed by atoms with van der Waals surface area (Å²) in [6, 6.07) is 8.42. The molecule has 4 nitrogen and oxygen atoms in total. The maximum atomic E-state index is 14.0. The molecule has 0 aliphatic heterocycles. The Kier molecular flexibility index (Phi) is 6.96. The Morgan fingerprint density at radius 3 is 2.29 bits per heavy atom. The number of halogens is 4. The van der Waals surface area contributed by atoms with Gasteiger partial charge in [0.05, 0.1) is 16.5 Å². The predicted molar refractivity (Wildman–Crippen MR) is 115 cm³/mol. The van der Waals surface area contributed by atoms with E-state index < -0.39 is 22.9 Å². The molecular weight excluding hydrogens is 431 g/mol. The fraction of sp³-hybridized carbons (Fsp3) is 0.348. The molecule has 2 aromatic carbocycles. The highest BCUT2D eigenvalue weighted by atomic mass is 35.5. The molecule has 0 spiro atoms. The van der Waals surface area contributed by atoms with Crippen LogP contribution in [0.2, 0.25) is 5.02 Å². The van der Waals surface area contributed by atoms with Crippen molar-refractivity contribution in [1.82, 2.24) is 4.90 Å². The molecule has 0 aliphatic rings. The third-order valence-corrected chi connectivity index (χ3v) is 5.33. The molecular formula is C23H23ClF3NO3. The third kappa shape index (κ3) is 4.72. The number of alkyl halides is 3. The van der Waals surface area contributed by atoms with E-state index in [9.17, 15) is 23.1 Å². The summed E-state index contributed by atoms with van der Waals surface area (Å²) in [7, 11) is 0. The monoisotopic (exact) mass is 453 g/mol. The van der Waals surface area contributed by atoms with Gasteiger partial charge in [0, 0.05) is 17.1 Å². The summed E-state index contributed by atoms with van der Waals surface area (Å²) in [6.45, 7) is 5.53. The number of benzene rings is 2. The quantitative estimate of drug-likeness (QED) is 0.446. The van der Waals surface area contributed by atoms with Crippen LogP contribution < -0.4 is 5.43 Å². The molecule has 31 heavy (non-hydrogen) atoms. The second-order valence-electron chi connectivity index (χ2n) is 7.33. The minimum absolute atomic E-state index is 0.00992. The Morgan fingerprint density at radius 2 is 1.71 bits per heavy atom. The topological polar surface area (TPSA) is 53.7 Å². The first-order valence-electron chi connectivity index (χ1n) is 10.0. The SMILES string of the molecule is CCCN(CCC)Cc1c(O)ccc2c(=O)c(-c3ccccc3Cl)c(C(F)(F)F)oc12. The summed E-state index contributed by atoms with van der Waals surface area (Å²) in [5.74, 6) is -1.64. The van der Waals surface area contributed by atoms with Crippen LogP contribution in [0.1, 0.15) is 38.0 Å². The van der Waals surface area contributed by atoms with Crippen molar-refractivity contribution in [3.63, 3.8) is 0 Å². The molecule has 0 saturated carbocycles.